The molecule has 1 aromatic carbocycles. The minimum Gasteiger partial charge on any atom is -0.275 e. The monoisotopic (exact) mass is 293 g/mol. The van der Waals surface area contributed by atoms with Crippen LogP contribution >= 0.6 is 11.6 Å². The summed E-state index contributed by atoms with van der Waals surface area (Å²) in [5, 5.41) is 3.73. The van der Waals surface area contributed by atoms with Crippen LogP contribution in [0.4, 0.5) is 4.79 Å². The van der Waals surface area contributed by atoms with Gasteiger partial charge in [-0.25, -0.2) is 9.80 Å². The zero-order chi connectivity index (χ0) is 14.3. The molecule has 1 saturated heterocycles. The molecule has 104 valence electrons. The van der Waals surface area contributed by atoms with Crippen molar-refractivity contribution in [1.29, 1.82) is 0 Å². The molecule has 6 nitrogen and oxygen atoms in total. The minimum absolute atomic E-state index is 0.120. The molecular weight excluding hydrogens is 282 g/mol. The van der Waals surface area contributed by atoms with Crippen LogP contribution in [0.25, 0.3) is 0 Å². The minimum atomic E-state index is -0.594. The van der Waals surface area contributed by atoms with Gasteiger partial charge in [0.2, 0.25) is 11.8 Å². The highest BCUT2D eigenvalue weighted by atomic mass is 35.5. The third kappa shape index (κ3) is 2.46. The number of nitrogens with one attached hydrogen (secondary N) is 2. The number of halogens is 1. The lowest BCUT2D eigenvalue weighted by Crippen LogP contribution is -2.45. The van der Waals surface area contributed by atoms with Crippen molar-refractivity contribution in [2.24, 2.45) is 5.92 Å². The Labute approximate surface area is 120 Å². The number of rotatable bonds is 3. The van der Waals surface area contributed by atoms with Crippen molar-refractivity contribution in [1.82, 2.24) is 15.8 Å². The first-order valence-electron chi connectivity index (χ1n) is 6.22. The van der Waals surface area contributed by atoms with Gasteiger partial charge in [-0.2, -0.15) is 0 Å². The Hall–Kier alpha value is -2.08. The second-order valence-electron chi connectivity index (χ2n) is 4.92. The van der Waals surface area contributed by atoms with E-state index in [1.165, 1.54) is 0 Å². The highest BCUT2D eigenvalue weighted by Crippen LogP contribution is 2.47. The number of hydrogen-bond acceptors (Lipinski definition) is 3. The molecular formula is C13H12ClN3O3. The normalized spacial score (nSPS) is 24.6. The highest BCUT2D eigenvalue weighted by molar-refractivity contribution is 6.30. The van der Waals surface area contributed by atoms with Crippen LogP contribution in [-0.4, -0.2) is 29.4 Å². The van der Waals surface area contributed by atoms with Gasteiger partial charge >= 0.3 is 6.03 Å². The summed E-state index contributed by atoms with van der Waals surface area (Å²) in [5.74, 6) is -0.732. The van der Waals surface area contributed by atoms with Crippen molar-refractivity contribution in [3.63, 3.8) is 0 Å². The Balaban J connectivity index is 1.60. The van der Waals surface area contributed by atoms with Gasteiger partial charge in [-0.1, -0.05) is 23.7 Å². The molecule has 1 aliphatic heterocycles. The predicted molar refractivity (Wildman–Crippen MR) is 70.7 cm³/mol. The molecule has 20 heavy (non-hydrogen) atoms. The summed E-state index contributed by atoms with van der Waals surface area (Å²) < 4.78 is 0. The maximum atomic E-state index is 12.0. The summed E-state index contributed by atoms with van der Waals surface area (Å²) in [5.41, 5.74) is 3.48. The number of carbonyl (C=O) groups is 3. The van der Waals surface area contributed by atoms with E-state index >= 15 is 0 Å². The molecule has 1 saturated carbocycles. The maximum absolute atomic E-state index is 12.0. The number of hydrazine groups is 1. The molecule has 7 heteroatoms. The molecule has 2 aliphatic rings. The Bertz CT molecular complexity index is 604. The van der Waals surface area contributed by atoms with Crippen LogP contribution in [0.5, 0.6) is 0 Å². The molecule has 1 aromatic rings. The largest absolute Gasteiger partial charge is 0.343 e. The van der Waals surface area contributed by atoms with Gasteiger partial charge < -0.3 is 0 Å². The van der Waals surface area contributed by atoms with Gasteiger partial charge in [-0.15, -0.1) is 0 Å². The van der Waals surface area contributed by atoms with Gasteiger partial charge in [0.1, 0.15) is 6.54 Å². The van der Waals surface area contributed by atoms with Crippen LogP contribution in [0.15, 0.2) is 24.3 Å². The van der Waals surface area contributed by atoms with E-state index in [-0.39, 0.29) is 24.3 Å². The van der Waals surface area contributed by atoms with E-state index < -0.39 is 11.9 Å². The quantitative estimate of drug-likeness (QED) is 0.817. The first kappa shape index (κ1) is 12.9. The lowest BCUT2D eigenvalue weighted by atomic mass is 10.1. The number of carbonyl (C=O) groups excluding carboxylic acids is 3. The molecule has 4 amide bonds. The fraction of sp³-hybridized carbons (Fsp3) is 0.308. The number of amides is 4. The summed E-state index contributed by atoms with van der Waals surface area (Å²) in [6.07, 6.45) is 0.718. The fourth-order valence-corrected chi connectivity index (χ4v) is 2.54. The lowest BCUT2D eigenvalue weighted by Gasteiger charge is -2.14. The third-order valence-corrected chi connectivity index (χ3v) is 3.68. The van der Waals surface area contributed by atoms with E-state index in [1.54, 1.807) is 6.07 Å². The summed E-state index contributed by atoms with van der Waals surface area (Å²) in [6.45, 7) is -0.140. The first-order valence-corrected chi connectivity index (χ1v) is 6.59. The van der Waals surface area contributed by atoms with Gasteiger partial charge in [0, 0.05) is 10.9 Å². The van der Waals surface area contributed by atoms with Gasteiger partial charge in [0.25, 0.3) is 0 Å². The Morgan fingerprint density at radius 3 is 2.85 bits per heavy atom. The Morgan fingerprint density at radius 1 is 1.40 bits per heavy atom. The average molecular weight is 294 g/mol. The Morgan fingerprint density at radius 2 is 2.20 bits per heavy atom. The van der Waals surface area contributed by atoms with Crippen LogP contribution in [0.1, 0.15) is 17.9 Å². The molecule has 0 unspecified atom stereocenters. The molecule has 0 spiro atoms. The summed E-state index contributed by atoms with van der Waals surface area (Å²) in [6, 6.07) is 6.80. The van der Waals surface area contributed by atoms with E-state index in [0.717, 1.165) is 17.0 Å². The van der Waals surface area contributed by atoms with Gasteiger partial charge in [-0.3, -0.25) is 20.3 Å². The molecule has 2 fully saturated rings. The van der Waals surface area contributed by atoms with Crippen molar-refractivity contribution >= 4 is 29.4 Å². The maximum Gasteiger partial charge on any atom is 0.343 e. The SMILES string of the molecule is O=C1CN(NC(=O)[C@H]2C[C@@H]2c2cccc(Cl)c2)C(=O)N1. The van der Waals surface area contributed by atoms with E-state index in [9.17, 15) is 14.4 Å². The third-order valence-electron chi connectivity index (χ3n) is 3.44. The van der Waals surface area contributed by atoms with E-state index in [4.69, 9.17) is 11.6 Å². The molecule has 0 radical (unpaired) electrons. The van der Waals surface area contributed by atoms with Crippen molar-refractivity contribution in [3.8, 4) is 0 Å². The Kier molecular flexibility index (Phi) is 3.10. The standard InChI is InChI=1S/C13H12ClN3O3/c14-8-3-1-2-7(4-8)9-5-10(9)12(19)16-17-6-11(18)15-13(17)20/h1-4,9-10H,5-6H2,(H,16,19)(H,15,18,20)/t9-,10+/m1/s1. The van der Waals surface area contributed by atoms with Crippen molar-refractivity contribution in [2.75, 3.05) is 6.54 Å². The molecule has 0 bridgehead atoms. The van der Waals surface area contributed by atoms with Crippen LogP contribution in [0, 0.1) is 5.92 Å². The number of hydrogen-bond donors (Lipinski definition) is 2. The van der Waals surface area contributed by atoms with Gasteiger partial charge in [0.15, 0.2) is 0 Å². The zero-order valence-corrected chi connectivity index (χ0v) is 11.2. The molecule has 1 heterocycles. The second kappa shape index (κ2) is 4.79. The van der Waals surface area contributed by atoms with Crippen LogP contribution in [0.2, 0.25) is 5.02 Å². The summed E-state index contributed by atoms with van der Waals surface area (Å²) in [4.78, 5) is 34.3. The second-order valence-corrected chi connectivity index (χ2v) is 5.36. The molecule has 2 N–H and O–H groups in total. The number of imide groups is 1. The lowest BCUT2D eigenvalue weighted by molar-refractivity contribution is -0.126. The van der Waals surface area contributed by atoms with Crippen molar-refractivity contribution in [3.05, 3.63) is 34.9 Å². The van der Waals surface area contributed by atoms with Crippen LogP contribution < -0.4 is 10.7 Å². The smallest absolute Gasteiger partial charge is 0.275 e. The number of nitrogens with zero attached hydrogens (tertiary/aromatic N) is 1. The highest BCUT2D eigenvalue weighted by Gasteiger charge is 2.45. The van der Waals surface area contributed by atoms with Gasteiger partial charge in [-0.05, 0) is 30.0 Å². The van der Waals surface area contributed by atoms with E-state index in [1.807, 2.05) is 18.2 Å². The molecule has 0 aromatic heterocycles. The van der Waals surface area contributed by atoms with Crippen molar-refractivity contribution < 1.29 is 14.4 Å². The first-order chi connectivity index (χ1) is 9.54. The predicted octanol–water partition coefficient (Wildman–Crippen LogP) is 1.03. The van der Waals surface area contributed by atoms with Crippen molar-refractivity contribution in [2.45, 2.75) is 12.3 Å². The van der Waals surface area contributed by atoms with E-state index in [0.29, 0.717) is 5.02 Å². The topological polar surface area (TPSA) is 78.5 Å². The molecule has 2 atom stereocenters. The average Bonchev–Trinajstić information content (AvgIpc) is 3.12. The zero-order valence-electron chi connectivity index (χ0n) is 10.4. The van der Waals surface area contributed by atoms with Crippen LogP contribution in [0.3, 0.4) is 0 Å². The number of urea groups is 1. The summed E-state index contributed by atoms with van der Waals surface area (Å²) in [7, 11) is 0. The molecule has 3 rings (SSSR count). The fourth-order valence-electron chi connectivity index (χ4n) is 2.34. The molecule has 1 aliphatic carbocycles. The summed E-state index contributed by atoms with van der Waals surface area (Å²) >= 11 is 5.92. The number of benzene rings is 1. The van der Waals surface area contributed by atoms with Crippen LogP contribution in [-0.2, 0) is 9.59 Å². The van der Waals surface area contributed by atoms with Gasteiger partial charge in [0.05, 0.1) is 0 Å². The van der Waals surface area contributed by atoms with E-state index in [2.05, 4.69) is 10.7 Å².